The van der Waals surface area contributed by atoms with Crippen LogP contribution in [0.4, 0.5) is 0 Å². The number of nitrogens with two attached hydrogens (primary N) is 2. The third kappa shape index (κ3) is 46.1. The Hall–Kier alpha value is -1.06. The molecule has 4 N–H and O–H groups in total. The van der Waals surface area contributed by atoms with E-state index in [-0.39, 0.29) is 11.7 Å². The summed E-state index contributed by atoms with van der Waals surface area (Å²) in [6, 6.07) is 0. The molecule has 0 aromatic rings. The Labute approximate surface area is 114 Å². The van der Waals surface area contributed by atoms with E-state index in [1.54, 1.807) is 6.92 Å². The van der Waals surface area contributed by atoms with Crippen LogP contribution in [0.1, 0.15) is 74.1 Å². The highest BCUT2D eigenvalue weighted by Gasteiger charge is 1.92. The Morgan fingerprint density at radius 2 is 1.33 bits per heavy atom. The Balaban J connectivity index is -0.000000141. The van der Waals surface area contributed by atoms with E-state index in [0.717, 1.165) is 19.3 Å². The van der Waals surface area contributed by atoms with Gasteiger partial charge in [-0.3, -0.25) is 4.99 Å². The summed E-state index contributed by atoms with van der Waals surface area (Å²) in [5, 5.41) is 0. The first-order chi connectivity index (χ1) is 8.63. The summed E-state index contributed by atoms with van der Waals surface area (Å²) in [6.45, 7) is 14.3. The summed E-state index contributed by atoms with van der Waals surface area (Å²) in [4.78, 5) is 14.3. The molecule has 4 nitrogen and oxygen atoms in total. The van der Waals surface area contributed by atoms with E-state index in [1.807, 2.05) is 41.5 Å². The van der Waals surface area contributed by atoms with Gasteiger partial charge in [-0.05, 0) is 19.8 Å². The van der Waals surface area contributed by atoms with Crippen LogP contribution in [0.5, 0.6) is 0 Å². The average Bonchev–Trinajstić information content (AvgIpc) is 2.40. The number of hydrogen-bond donors (Lipinski definition) is 2. The first kappa shape index (κ1) is 25.7. The molecule has 0 saturated heterocycles. The highest BCUT2D eigenvalue weighted by molar-refractivity contribution is 5.75. The van der Waals surface area contributed by atoms with Crippen molar-refractivity contribution < 1.29 is 4.79 Å². The lowest BCUT2D eigenvalue weighted by Gasteiger charge is -1.96. The number of carbonyl (C=O) groups excluding carboxylic acids is 1. The van der Waals surface area contributed by atoms with E-state index in [0.29, 0.717) is 13.0 Å². The predicted octanol–water partition coefficient (Wildman–Crippen LogP) is 3.49. The molecule has 0 rings (SSSR count). The molecule has 0 aliphatic heterocycles. The Morgan fingerprint density at radius 1 is 0.889 bits per heavy atom. The second kappa shape index (κ2) is 29.7. The van der Waals surface area contributed by atoms with Gasteiger partial charge in [-0.2, -0.15) is 0 Å². The fourth-order valence-electron chi connectivity index (χ4n) is 0.871. The number of guanidine groups is 1. The highest BCUT2D eigenvalue weighted by atomic mass is 16.1. The van der Waals surface area contributed by atoms with Crippen molar-refractivity contribution in [3.05, 3.63) is 0 Å². The van der Waals surface area contributed by atoms with Gasteiger partial charge in [-0.1, -0.05) is 48.0 Å². The predicted molar refractivity (Wildman–Crippen MR) is 83.9 cm³/mol. The topological polar surface area (TPSA) is 81.5 Å². The zero-order valence-corrected chi connectivity index (χ0v) is 13.5. The maximum Gasteiger partial charge on any atom is 0.185 e. The van der Waals surface area contributed by atoms with Crippen LogP contribution >= 0.6 is 0 Å². The number of unbranched alkanes of at least 4 members (excludes halogenated alkanes) is 2. The molecule has 0 aromatic carbocycles. The van der Waals surface area contributed by atoms with Gasteiger partial charge in [0.2, 0.25) is 0 Å². The molecular formula is C14H35N3O. The van der Waals surface area contributed by atoms with Crippen molar-refractivity contribution in [1.82, 2.24) is 0 Å². The number of Topliss-reactive ketones (excluding diaryl/α,β-unsaturated/α-hetero) is 1. The summed E-state index contributed by atoms with van der Waals surface area (Å²) in [5.74, 6) is 0.387. The molecule has 4 heteroatoms. The molecule has 112 valence electrons. The van der Waals surface area contributed by atoms with Crippen LogP contribution in [0.3, 0.4) is 0 Å². The molecule has 0 atom stereocenters. The lowest BCUT2D eigenvalue weighted by Crippen LogP contribution is -2.22. The van der Waals surface area contributed by atoms with Gasteiger partial charge in [-0.25, -0.2) is 0 Å². The largest absolute Gasteiger partial charge is 0.370 e. The van der Waals surface area contributed by atoms with Crippen LogP contribution in [0.25, 0.3) is 0 Å². The molecule has 0 saturated carbocycles. The first-order valence-electron chi connectivity index (χ1n) is 7.17. The lowest BCUT2D eigenvalue weighted by atomic mass is 10.1. The summed E-state index contributed by atoms with van der Waals surface area (Å²) < 4.78 is 0. The van der Waals surface area contributed by atoms with Gasteiger partial charge in [0, 0.05) is 13.0 Å². The molecule has 0 amide bonds. The number of nitrogens with zero attached hydrogens (tertiary/aromatic N) is 1. The van der Waals surface area contributed by atoms with E-state index in [1.165, 1.54) is 0 Å². The van der Waals surface area contributed by atoms with E-state index >= 15 is 0 Å². The van der Waals surface area contributed by atoms with Gasteiger partial charge in [-0.15, -0.1) is 0 Å². The molecule has 0 aliphatic rings. The Kier molecular flexibility index (Phi) is 42.5. The highest BCUT2D eigenvalue weighted by Crippen LogP contribution is 2.00. The quantitative estimate of drug-likeness (QED) is 0.436. The van der Waals surface area contributed by atoms with Crippen LogP contribution in [-0.4, -0.2) is 18.3 Å². The summed E-state index contributed by atoms with van der Waals surface area (Å²) in [6.07, 6.45) is 3.57. The molecule has 0 radical (unpaired) electrons. The number of carbonyl (C=O) groups is 1. The van der Waals surface area contributed by atoms with Gasteiger partial charge in [0.05, 0.1) is 0 Å². The van der Waals surface area contributed by atoms with Gasteiger partial charge < -0.3 is 16.3 Å². The van der Waals surface area contributed by atoms with E-state index in [9.17, 15) is 4.79 Å². The monoisotopic (exact) mass is 261 g/mol. The number of aliphatic imine (C=N–C) groups is 1. The standard InChI is InChI=1S/C8H17N3O.3C2H6/c1-7(12)5-3-2-4-6-11-8(9)10;3*1-2/h2-6H2,1H3,(H4,9,10,11);3*1-2H3. The molecule has 0 aromatic heterocycles. The van der Waals surface area contributed by atoms with Crippen LogP contribution in [0.15, 0.2) is 4.99 Å². The van der Waals surface area contributed by atoms with Crippen molar-refractivity contribution in [1.29, 1.82) is 0 Å². The molecule has 0 heterocycles. The molecule has 0 aliphatic carbocycles. The second-order valence-electron chi connectivity index (χ2n) is 2.82. The summed E-state index contributed by atoms with van der Waals surface area (Å²) >= 11 is 0. The molecular weight excluding hydrogens is 226 g/mol. The fraction of sp³-hybridized carbons (Fsp3) is 0.857. The maximum absolute atomic E-state index is 10.5. The zero-order valence-electron chi connectivity index (χ0n) is 13.5. The SMILES string of the molecule is CC.CC.CC.CC(=O)CCCCCN=C(N)N. The van der Waals surface area contributed by atoms with Crippen LogP contribution in [0.2, 0.25) is 0 Å². The lowest BCUT2D eigenvalue weighted by molar-refractivity contribution is -0.117. The van der Waals surface area contributed by atoms with E-state index < -0.39 is 0 Å². The smallest absolute Gasteiger partial charge is 0.185 e. The molecule has 0 bridgehead atoms. The molecule has 0 fully saturated rings. The second-order valence-corrected chi connectivity index (χ2v) is 2.82. The third-order valence-corrected chi connectivity index (χ3v) is 1.48. The fourth-order valence-corrected chi connectivity index (χ4v) is 0.871. The summed E-state index contributed by atoms with van der Waals surface area (Å²) in [7, 11) is 0. The van der Waals surface area contributed by atoms with E-state index in [2.05, 4.69) is 4.99 Å². The van der Waals surface area contributed by atoms with Gasteiger partial charge in [0.15, 0.2) is 5.96 Å². The van der Waals surface area contributed by atoms with Crippen molar-refractivity contribution in [2.24, 2.45) is 16.5 Å². The van der Waals surface area contributed by atoms with Gasteiger partial charge in [0.25, 0.3) is 0 Å². The van der Waals surface area contributed by atoms with Crippen LogP contribution < -0.4 is 11.5 Å². The number of ketones is 1. The maximum atomic E-state index is 10.5. The Bertz CT molecular complexity index is 164. The number of rotatable bonds is 6. The van der Waals surface area contributed by atoms with Crippen molar-refractivity contribution >= 4 is 11.7 Å². The first-order valence-corrected chi connectivity index (χ1v) is 7.17. The van der Waals surface area contributed by atoms with Crippen molar-refractivity contribution in [2.45, 2.75) is 74.1 Å². The minimum Gasteiger partial charge on any atom is -0.370 e. The zero-order chi connectivity index (χ0) is 15.4. The van der Waals surface area contributed by atoms with Crippen LogP contribution in [-0.2, 0) is 4.79 Å². The Morgan fingerprint density at radius 3 is 1.67 bits per heavy atom. The van der Waals surface area contributed by atoms with Gasteiger partial charge in [0.1, 0.15) is 5.78 Å². The minimum atomic E-state index is 0.140. The van der Waals surface area contributed by atoms with Gasteiger partial charge >= 0.3 is 0 Å². The molecule has 0 spiro atoms. The minimum absolute atomic E-state index is 0.140. The van der Waals surface area contributed by atoms with Crippen LogP contribution in [0, 0.1) is 0 Å². The molecule has 18 heavy (non-hydrogen) atoms. The normalized spacial score (nSPS) is 7.28. The van der Waals surface area contributed by atoms with E-state index in [4.69, 9.17) is 11.5 Å². The van der Waals surface area contributed by atoms with Crippen molar-refractivity contribution in [3.8, 4) is 0 Å². The van der Waals surface area contributed by atoms with Crippen molar-refractivity contribution in [2.75, 3.05) is 6.54 Å². The summed E-state index contributed by atoms with van der Waals surface area (Å²) in [5.41, 5.74) is 10.3. The van der Waals surface area contributed by atoms with Crippen molar-refractivity contribution in [3.63, 3.8) is 0 Å². The average molecular weight is 261 g/mol. The molecule has 0 unspecified atom stereocenters. The third-order valence-electron chi connectivity index (χ3n) is 1.48. The number of hydrogen-bond acceptors (Lipinski definition) is 2.